The summed E-state index contributed by atoms with van der Waals surface area (Å²) >= 11 is 6.17. The van der Waals surface area contributed by atoms with E-state index < -0.39 is 0 Å². The lowest BCUT2D eigenvalue weighted by atomic mass is 9.80. The van der Waals surface area contributed by atoms with Crippen molar-refractivity contribution in [1.82, 2.24) is 0 Å². The van der Waals surface area contributed by atoms with Crippen LogP contribution in [-0.4, -0.2) is 13.2 Å². The third kappa shape index (κ3) is 3.56. The maximum absolute atomic E-state index is 6.17. The summed E-state index contributed by atoms with van der Waals surface area (Å²) in [6, 6.07) is 16.9. The summed E-state index contributed by atoms with van der Waals surface area (Å²) in [5, 5.41) is 4.53. The maximum atomic E-state index is 6.17. The zero-order valence-corrected chi connectivity index (χ0v) is 13.6. The van der Waals surface area contributed by atoms with E-state index in [0.29, 0.717) is 12.0 Å². The van der Waals surface area contributed by atoms with Gasteiger partial charge < -0.3 is 10.1 Å². The molecule has 0 amide bonds. The number of methoxy groups -OCH3 is 1. The van der Waals surface area contributed by atoms with Gasteiger partial charge >= 0.3 is 0 Å². The number of anilines is 1. The van der Waals surface area contributed by atoms with Gasteiger partial charge in [0.05, 0.1) is 7.11 Å². The van der Waals surface area contributed by atoms with Crippen LogP contribution >= 0.6 is 11.6 Å². The van der Waals surface area contributed by atoms with Crippen molar-refractivity contribution in [3.05, 3.63) is 59.1 Å². The lowest BCUT2D eigenvalue weighted by Gasteiger charge is -2.33. The Kier molecular flexibility index (Phi) is 4.89. The van der Waals surface area contributed by atoms with Gasteiger partial charge in [0.25, 0.3) is 0 Å². The highest BCUT2D eigenvalue weighted by Crippen LogP contribution is 2.36. The first kappa shape index (κ1) is 15.2. The van der Waals surface area contributed by atoms with Crippen LogP contribution in [0.2, 0.25) is 5.02 Å². The molecule has 3 rings (SSSR count). The molecule has 2 aromatic carbocycles. The Morgan fingerprint density at radius 1 is 1.05 bits per heavy atom. The molecule has 3 heteroatoms. The lowest BCUT2D eigenvalue weighted by molar-refractivity contribution is 0.404. The smallest absolute Gasteiger partial charge is 0.119 e. The molecule has 22 heavy (non-hydrogen) atoms. The summed E-state index contributed by atoms with van der Waals surface area (Å²) in [6.45, 7) is 0. The summed E-state index contributed by atoms with van der Waals surface area (Å²) in [5.74, 6) is 1.41. The van der Waals surface area contributed by atoms with Gasteiger partial charge in [-0.25, -0.2) is 0 Å². The molecule has 0 heterocycles. The first-order chi connectivity index (χ1) is 10.8. The zero-order valence-electron chi connectivity index (χ0n) is 12.9. The monoisotopic (exact) mass is 315 g/mol. The molecule has 2 aromatic rings. The number of nitrogens with one attached hydrogen (secondary N) is 1. The first-order valence-electron chi connectivity index (χ1n) is 7.92. The van der Waals surface area contributed by atoms with E-state index >= 15 is 0 Å². The second-order valence-corrected chi connectivity index (χ2v) is 6.36. The molecule has 2 atom stereocenters. The minimum Gasteiger partial charge on any atom is -0.497 e. The van der Waals surface area contributed by atoms with E-state index in [1.54, 1.807) is 7.11 Å². The van der Waals surface area contributed by atoms with E-state index in [4.69, 9.17) is 16.3 Å². The van der Waals surface area contributed by atoms with Crippen LogP contribution in [0.1, 0.15) is 37.2 Å². The summed E-state index contributed by atoms with van der Waals surface area (Å²) in [4.78, 5) is 0. The highest BCUT2D eigenvalue weighted by atomic mass is 35.5. The predicted octanol–water partition coefficient (Wildman–Crippen LogP) is 5.49. The third-order valence-electron chi connectivity index (χ3n) is 4.48. The van der Waals surface area contributed by atoms with E-state index in [1.807, 2.05) is 18.2 Å². The van der Waals surface area contributed by atoms with Crippen molar-refractivity contribution < 1.29 is 4.74 Å². The van der Waals surface area contributed by atoms with Crippen molar-refractivity contribution in [3.8, 4) is 5.75 Å². The van der Waals surface area contributed by atoms with E-state index in [2.05, 4.69) is 35.6 Å². The van der Waals surface area contributed by atoms with Crippen LogP contribution in [0.4, 0.5) is 5.69 Å². The van der Waals surface area contributed by atoms with Crippen LogP contribution in [-0.2, 0) is 0 Å². The second kappa shape index (κ2) is 7.06. The molecule has 1 N–H and O–H groups in total. The number of halogens is 1. The van der Waals surface area contributed by atoms with Crippen molar-refractivity contribution in [2.45, 2.75) is 37.6 Å². The molecule has 0 aliphatic heterocycles. The fourth-order valence-electron chi connectivity index (χ4n) is 3.34. The Morgan fingerprint density at radius 2 is 1.82 bits per heavy atom. The Hall–Kier alpha value is -1.67. The van der Waals surface area contributed by atoms with Crippen LogP contribution in [0.5, 0.6) is 5.75 Å². The molecule has 116 valence electrons. The topological polar surface area (TPSA) is 21.3 Å². The minimum absolute atomic E-state index is 0.459. The quantitative estimate of drug-likeness (QED) is 0.805. The minimum atomic E-state index is 0.459. The normalized spacial score (nSPS) is 21.4. The van der Waals surface area contributed by atoms with Gasteiger partial charge in [-0.3, -0.25) is 0 Å². The molecule has 2 unspecified atom stereocenters. The third-order valence-corrected chi connectivity index (χ3v) is 4.72. The fraction of sp³-hybridized carbons (Fsp3) is 0.368. The molecule has 0 radical (unpaired) electrons. The van der Waals surface area contributed by atoms with Crippen LogP contribution in [0.25, 0.3) is 0 Å². The summed E-state index contributed by atoms with van der Waals surface area (Å²) < 4.78 is 5.22. The standard InChI is InChI=1S/C19H22ClNO/c1-22-17-11-9-16(10-12-17)21-19-8-3-2-7-18(19)14-5-4-6-15(20)13-14/h4-6,9-13,18-19,21H,2-3,7-8H2,1H3. The first-order valence-corrected chi connectivity index (χ1v) is 8.30. The number of benzene rings is 2. The molecule has 1 fully saturated rings. The lowest BCUT2D eigenvalue weighted by Crippen LogP contribution is -2.30. The Balaban J connectivity index is 1.77. The summed E-state index contributed by atoms with van der Waals surface area (Å²) in [6.07, 6.45) is 4.99. The van der Waals surface area contributed by atoms with Gasteiger partial charge in [-0.2, -0.15) is 0 Å². The van der Waals surface area contributed by atoms with Crippen LogP contribution in [0, 0.1) is 0 Å². The molecular formula is C19H22ClNO. The van der Waals surface area contributed by atoms with Crippen molar-refractivity contribution in [1.29, 1.82) is 0 Å². The van der Waals surface area contributed by atoms with Gasteiger partial charge in [-0.05, 0) is 54.8 Å². The zero-order chi connectivity index (χ0) is 15.4. The van der Waals surface area contributed by atoms with Gasteiger partial charge in [-0.15, -0.1) is 0 Å². The Labute approximate surface area is 137 Å². The average molecular weight is 316 g/mol. The molecule has 1 aliphatic carbocycles. The van der Waals surface area contributed by atoms with E-state index in [-0.39, 0.29) is 0 Å². The summed E-state index contributed by atoms with van der Waals surface area (Å²) in [5.41, 5.74) is 2.50. The highest BCUT2D eigenvalue weighted by molar-refractivity contribution is 6.30. The van der Waals surface area contributed by atoms with Gasteiger partial charge in [0.15, 0.2) is 0 Å². The van der Waals surface area contributed by atoms with Crippen LogP contribution in [0.15, 0.2) is 48.5 Å². The van der Waals surface area contributed by atoms with Crippen LogP contribution < -0.4 is 10.1 Å². The van der Waals surface area contributed by atoms with Crippen molar-refractivity contribution >= 4 is 17.3 Å². The second-order valence-electron chi connectivity index (χ2n) is 5.93. The van der Waals surface area contributed by atoms with Gasteiger partial charge in [0, 0.05) is 22.7 Å². The molecule has 0 bridgehead atoms. The van der Waals surface area contributed by atoms with E-state index in [0.717, 1.165) is 16.5 Å². The molecule has 0 spiro atoms. The molecule has 2 nitrogen and oxygen atoms in total. The van der Waals surface area contributed by atoms with E-state index in [1.165, 1.54) is 31.2 Å². The average Bonchev–Trinajstić information content (AvgIpc) is 2.56. The molecule has 0 aromatic heterocycles. The molecule has 1 aliphatic rings. The SMILES string of the molecule is COc1ccc(NC2CCCCC2c2cccc(Cl)c2)cc1. The molecule has 0 saturated heterocycles. The van der Waals surface area contributed by atoms with Crippen LogP contribution in [0.3, 0.4) is 0 Å². The fourth-order valence-corrected chi connectivity index (χ4v) is 3.54. The maximum Gasteiger partial charge on any atom is 0.119 e. The highest BCUT2D eigenvalue weighted by Gasteiger charge is 2.26. The molecule has 1 saturated carbocycles. The van der Waals surface area contributed by atoms with Crippen molar-refractivity contribution in [2.24, 2.45) is 0 Å². The largest absolute Gasteiger partial charge is 0.497 e. The van der Waals surface area contributed by atoms with Gasteiger partial charge in [0.2, 0.25) is 0 Å². The van der Waals surface area contributed by atoms with Crippen molar-refractivity contribution in [2.75, 3.05) is 12.4 Å². The molecular weight excluding hydrogens is 294 g/mol. The number of ether oxygens (including phenoxy) is 1. The number of rotatable bonds is 4. The number of hydrogen-bond acceptors (Lipinski definition) is 2. The van der Waals surface area contributed by atoms with Gasteiger partial charge in [-0.1, -0.05) is 36.6 Å². The summed E-state index contributed by atoms with van der Waals surface area (Å²) in [7, 11) is 1.69. The predicted molar refractivity (Wildman–Crippen MR) is 93.1 cm³/mol. The van der Waals surface area contributed by atoms with Crippen molar-refractivity contribution in [3.63, 3.8) is 0 Å². The number of hydrogen-bond donors (Lipinski definition) is 1. The van der Waals surface area contributed by atoms with E-state index in [9.17, 15) is 0 Å². The van der Waals surface area contributed by atoms with Gasteiger partial charge in [0.1, 0.15) is 5.75 Å². The Bertz CT molecular complexity index is 611. The Morgan fingerprint density at radius 3 is 2.55 bits per heavy atom.